The van der Waals surface area contributed by atoms with E-state index in [9.17, 15) is 23.2 Å². The predicted octanol–water partition coefficient (Wildman–Crippen LogP) is 1.24. The largest absolute Gasteiger partial charge is 0.456 e. The van der Waals surface area contributed by atoms with Crippen molar-refractivity contribution in [3.05, 3.63) is 29.8 Å². The van der Waals surface area contributed by atoms with Gasteiger partial charge in [-0.15, -0.1) is 11.8 Å². The SMILES string of the molecule is CCNC(=O)CNC(=O)COC(=O)CCSc1ccc(F)c(F)c1. The number of halogens is 2. The molecule has 0 fully saturated rings. The second kappa shape index (κ2) is 10.6. The molecule has 0 radical (unpaired) electrons. The molecule has 24 heavy (non-hydrogen) atoms. The number of benzene rings is 1. The molecule has 6 nitrogen and oxygen atoms in total. The Balaban J connectivity index is 2.18. The molecule has 0 atom stereocenters. The van der Waals surface area contributed by atoms with Gasteiger partial charge in [0, 0.05) is 17.2 Å². The minimum absolute atomic E-state index is 0.00721. The zero-order chi connectivity index (χ0) is 17.9. The van der Waals surface area contributed by atoms with Crippen LogP contribution in [0.3, 0.4) is 0 Å². The summed E-state index contributed by atoms with van der Waals surface area (Å²) in [7, 11) is 0. The first kappa shape index (κ1) is 19.9. The van der Waals surface area contributed by atoms with Gasteiger partial charge in [-0.25, -0.2) is 8.78 Å². The summed E-state index contributed by atoms with van der Waals surface area (Å²) in [6.07, 6.45) is 0.00721. The Bertz CT molecular complexity index is 599. The lowest BCUT2D eigenvalue weighted by Crippen LogP contribution is -2.38. The van der Waals surface area contributed by atoms with Crippen LogP contribution in [0.25, 0.3) is 0 Å². The highest BCUT2D eigenvalue weighted by molar-refractivity contribution is 7.99. The average molecular weight is 360 g/mol. The number of likely N-dealkylation sites (N-methyl/N-ethyl adjacent to an activating group) is 1. The lowest BCUT2D eigenvalue weighted by atomic mass is 10.3. The molecular formula is C15H18F2N2O4S. The van der Waals surface area contributed by atoms with Crippen LogP contribution in [0.2, 0.25) is 0 Å². The summed E-state index contributed by atoms with van der Waals surface area (Å²) >= 11 is 1.16. The van der Waals surface area contributed by atoms with Crippen molar-refractivity contribution >= 4 is 29.5 Å². The smallest absolute Gasteiger partial charge is 0.307 e. The van der Waals surface area contributed by atoms with Gasteiger partial charge in [-0.3, -0.25) is 14.4 Å². The quantitative estimate of drug-likeness (QED) is 0.511. The maximum absolute atomic E-state index is 13.0. The van der Waals surface area contributed by atoms with Crippen molar-refractivity contribution in [2.24, 2.45) is 0 Å². The molecule has 0 aliphatic carbocycles. The number of amides is 2. The summed E-state index contributed by atoms with van der Waals surface area (Å²) < 4.78 is 30.5. The van der Waals surface area contributed by atoms with Crippen LogP contribution in [0, 0.1) is 11.6 Å². The van der Waals surface area contributed by atoms with Crippen molar-refractivity contribution in [2.45, 2.75) is 18.2 Å². The third kappa shape index (κ3) is 7.91. The highest BCUT2D eigenvalue weighted by atomic mass is 32.2. The summed E-state index contributed by atoms with van der Waals surface area (Å²) in [5.74, 6) is -3.10. The monoisotopic (exact) mass is 360 g/mol. The summed E-state index contributed by atoms with van der Waals surface area (Å²) in [5, 5.41) is 4.81. The van der Waals surface area contributed by atoms with Gasteiger partial charge in [-0.1, -0.05) is 0 Å². The summed E-state index contributed by atoms with van der Waals surface area (Å²) in [6.45, 7) is 1.55. The molecule has 1 aromatic carbocycles. The molecule has 0 bridgehead atoms. The number of hydrogen-bond acceptors (Lipinski definition) is 5. The fraction of sp³-hybridized carbons (Fsp3) is 0.400. The molecule has 9 heteroatoms. The van der Waals surface area contributed by atoms with E-state index >= 15 is 0 Å². The van der Waals surface area contributed by atoms with E-state index in [0.717, 1.165) is 23.9 Å². The van der Waals surface area contributed by atoms with E-state index in [-0.39, 0.29) is 18.9 Å². The number of carbonyl (C=O) groups is 3. The van der Waals surface area contributed by atoms with Crippen molar-refractivity contribution in [1.29, 1.82) is 0 Å². The zero-order valence-electron chi connectivity index (χ0n) is 13.1. The van der Waals surface area contributed by atoms with Crippen molar-refractivity contribution in [3.63, 3.8) is 0 Å². The van der Waals surface area contributed by atoms with E-state index in [2.05, 4.69) is 10.6 Å². The average Bonchev–Trinajstić information content (AvgIpc) is 2.54. The zero-order valence-corrected chi connectivity index (χ0v) is 13.9. The Morgan fingerprint density at radius 2 is 1.88 bits per heavy atom. The van der Waals surface area contributed by atoms with Gasteiger partial charge >= 0.3 is 5.97 Å². The Morgan fingerprint density at radius 1 is 1.12 bits per heavy atom. The minimum Gasteiger partial charge on any atom is -0.456 e. The molecule has 0 spiro atoms. The first-order valence-corrected chi connectivity index (χ1v) is 8.17. The second-order valence-corrected chi connectivity index (χ2v) is 5.73. The molecule has 1 aromatic rings. The first-order valence-electron chi connectivity index (χ1n) is 7.19. The van der Waals surface area contributed by atoms with E-state index in [4.69, 9.17) is 4.74 Å². The van der Waals surface area contributed by atoms with Crippen LogP contribution in [-0.2, 0) is 19.1 Å². The number of hydrogen-bond donors (Lipinski definition) is 2. The lowest BCUT2D eigenvalue weighted by molar-refractivity contribution is -0.148. The number of esters is 1. The predicted molar refractivity (Wildman–Crippen MR) is 84.4 cm³/mol. The van der Waals surface area contributed by atoms with Crippen LogP contribution in [0.1, 0.15) is 13.3 Å². The third-order valence-electron chi connectivity index (χ3n) is 2.65. The Hall–Kier alpha value is -2.16. The number of nitrogens with one attached hydrogen (secondary N) is 2. The maximum atomic E-state index is 13.0. The molecule has 2 N–H and O–H groups in total. The summed E-state index contributed by atoms with van der Waals surface area (Å²) in [5.41, 5.74) is 0. The molecule has 0 aromatic heterocycles. The van der Waals surface area contributed by atoms with Gasteiger partial charge in [-0.05, 0) is 25.1 Å². The summed E-state index contributed by atoms with van der Waals surface area (Å²) in [6, 6.07) is 3.46. The Morgan fingerprint density at radius 3 is 2.54 bits per heavy atom. The molecule has 0 aliphatic rings. The Kier molecular flexibility index (Phi) is 8.77. The van der Waals surface area contributed by atoms with Crippen molar-refractivity contribution in [2.75, 3.05) is 25.4 Å². The standard InChI is InChI=1S/C15H18F2N2O4S/c1-2-18-13(20)8-19-14(21)9-23-15(22)5-6-24-10-3-4-11(16)12(17)7-10/h3-4,7H,2,5-6,8-9H2,1H3,(H,18,20)(H,19,21). The maximum Gasteiger partial charge on any atom is 0.307 e. The normalized spacial score (nSPS) is 10.1. The second-order valence-electron chi connectivity index (χ2n) is 4.57. The van der Waals surface area contributed by atoms with E-state index in [1.807, 2.05) is 0 Å². The van der Waals surface area contributed by atoms with Gasteiger partial charge < -0.3 is 15.4 Å². The van der Waals surface area contributed by atoms with E-state index < -0.39 is 30.1 Å². The highest BCUT2D eigenvalue weighted by Crippen LogP contribution is 2.21. The van der Waals surface area contributed by atoms with Crippen LogP contribution >= 0.6 is 11.8 Å². The van der Waals surface area contributed by atoms with Gasteiger partial charge in [0.25, 0.3) is 5.91 Å². The van der Waals surface area contributed by atoms with Crippen LogP contribution in [-0.4, -0.2) is 43.2 Å². The lowest BCUT2D eigenvalue weighted by Gasteiger charge is -2.07. The number of ether oxygens (including phenoxy) is 1. The topological polar surface area (TPSA) is 84.5 Å². The van der Waals surface area contributed by atoms with Crippen LogP contribution in [0.5, 0.6) is 0 Å². The number of carbonyl (C=O) groups excluding carboxylic acids is 3. The van der Waals surface area contributed by atoms with Gasteiger partial charge in [0.05, 0.1) is 13.0 Å². The molecule has 0 saturated heterocycles. The first-order chi connectivity index (χ1) is 11.4. The van der Waals surface area contributed by atoms with E-state index in [1.54, 1.807) is 6.92 Å². The van der Waals surface area contributed by atoms with Gasteiger partial charge in [0.15, 0.2) is 18.2 Å². The Labute approximate surface area is 142 Å². The molecular weight excluding hydrogens is 342 g/mol. The van der Waals surface area contributed by atoms with Crippen molar-refractivity contribution in [3.8, 4) is 0 Å². The fourth-order valence-corrected chi connectivity index (χ4v) is 2.38. The highest BCUT2D eigenvalue weighted by Gasteiger charge is 2.09. The van der Waals surface area contributed by atoms with Crippen LogP contribution in [0.4, 0.5) is 8.78 Å². The molecule has 0 aliphatic heterocycles. The molecule has 1 rings (SSSR count). The van der Waals surface area contributed by atoms with Crippen LogP contribution < -0.4 is 10.6 Å². The molecule has 2 amide bonds. The summed E-state index contributed by atoms with van der Waals surface area (Å²) in [4.78, 5) is 34.4. The van der Waals surface area contributed by atoms with Gasteiger partial charge in [-0.2, -0.15) is 0 Å². The number of thioether (sulfide) groups is 1. The minimum atomic E-state index is -0.952. The van der Waals surface area contributed by atoms with E-state index in [1.165, 1.54) is 6.07 Å². The molecule has 0 heterocycles. The third-order valence-corrected chi connectivity index (χ3v) is 3.65. The van der Waals surface area contributed by atoms with E-state index in [0.29, 0.717) is 17.2 Å². The molecule has 0 unspecified atom stereocenters. The molecule has 0 saturated carbocycles. The number of rotatable bonds is 9. The fourth-order valence-electron chi connectivity index (χ4n) is 1.53. The van der Waals surface area contributed by atoms with Crippen molar-refractivity contribution < 1.29 is 27.9 Å². The van der Waals surface area contributed by atoms with Gasteiger partial charge in [0.1, 0.15) is 0 Å². The molecule has 132 valence electrons. The van der Waals surface area contributed by atoms with Crippen LogP contribution in [0.15, 0.2) is 23.1 Å². The van der Waals surface area contributed by atoms with Crippen molar-refractivity contribution in [1.82, 2.24) is 10.6 Å². The van der Waals surface area contributed by atoms with Gasteiger partial charge in [0.2, 0.25) is 5.91 Å².